The molecule has 1 fully saturated rings. The summed E-state index contributed by atoms with van der Waals surface area (Å²) in [5.74, 6) is 1.78. The van der Waals surface area contributed by atoms with E-state index >= 15 is 0 Å². The Morgan fingerprint density at radius 2 is 2.12 bits per heavy atom. The van der Waals surface area contributed by atoms with E-state index in [1.807, 2.05) is 12.1 Å². The van der Waals surface area contributed by atoms with Crippen molar-refractivity contribution in [3.05, 3.63) is 24.2 Å². The molecule has 2 heterocycles. The highest BCUT2D eigenvalue weighted by Crippen LogP contribution is 2.24. The van der Waals surface area contributed by atoms with Gasteiger partial charge in [0, 0.05) is 26.7 Å². The normalized spacial score (nSPS) is 21.9. The summed E-state index contributed by atoms with van der Waals surface area (Å²) in [4.78, 5) is 6.71. The minimum absolute atomic E-state index is 0. The summed E-state index contributed by atoms with van der Waals surface area (Å²) in [7, 11) is 1.80. The Bertz CT molecular complexity index is 497. The van der Waals surface area contributed by atoms with E-state index in [0.717, 1.165) is 57.3 Å². The van der Waals surface area contributed by atoms with Crippen LogP contribution in [0.25, 0.3) is 0 Å². The number of hydrogen-bond acceptors (Lipinski definition) is 4. The van der Waals surface area contributed by atoms with Crippen molar-refractivity contribution in [2.75, 3.05) is 39.8 Å². The number of likely N-dealkylation sites (N-methyl/N-ethyl adjacent to an activating group) is 1. The van der Waals surface area contributed by atoms with E-state index in [2.05, 4.69) is 41.3 Å². The van der Waals surface area contributed by atoms with Crippen molar-refractivity contribution in [2.24, 2.45) is 4.99 Å². The van der Waals surface area contributed by atoms with Gasteiger partial charge in [0.1, 0.15) is 5.76 Å². The van der Waals surface area contributed by atoms with Crippen LogP contribution in [0.2, 0.25) is 0 Å². The molecule has 0 radical (unpaired) electrons. The van der Waals surface area contributed by atoms with E-state index in [-0.39, 0.29) is 35.6 Å². The van der Waals surface area contributed by atoms with Crippen LogP contribution < -0.4 is 10.6 Å². The molecule has 1 saturated heterocycles. The van der Waals surface area contributed by atoms with E-state index in [9.17, 15) is 0 Å². The van der Waals surface area contributed by atoms with E-state index in [1.165, 1.54) is 0 Å². The lowest BCUT2D eigenvalue weighted by Crippen LogP contribution is -2.47. The van der Waals surface area contributed by atoms with Gasteiger partial charge < -0.3 is 19.8 Å². The third kappa shape index (κ3) is 6.45. The molecule has 0 saturated carbocycles. The van der Waals surface area contributed by atoms with Crippen LogP contribution in [0.1, 0.15) is 45.4 Å². The second-order valence-corrected chi connectivity index (χ2v) is 6.46. The molecule has 1 aromatic rings. The van der Waals surface area contributed by atoms with Crippen LogP contribution in [0.3, 0.4) is 0 Å². The van der Waals surface area contributed by atoms with E-state index in [0.29, 0.717) is 0 Å². The average molecular weight is 464 g/mol. The van der Waals surface area contributed by atoms with E-state index < -0.39 is 0 Å². The number of halogens is 1. The summed E-state index contributed by atoms with van der Waals surface area (Å²) in [6.45, 7) is 10.8. The predicted octanol–water partition coefficient (Wildman–Crippen LogP) is 3.01. The maximum atomic E-state index is 5.82. The first-order valence-electron chi connectivity index (χ1n) is 8.97. The molecule has 6 nitrogen and oxygen atoms in total. The number of ether oxygens (including phenoxy) is 1. The lowest BCUT2D eigenvalue weighted by atomic mass is 10.0. The van der Waals surface area contributed by atoms with Gasteiger partial charge in [-0.2, -0.15) is 0 Å². The quantitative estimate of drug-likeness (QED) is 0.352. The van der Waals surface area contributed by atoms with Gasteiger partial charge in [0.05, 0.1) is 17.9 Å². The Hall–Kier alpha value is -0.800. The first kappa shape index (κ1) is 22.2. The summed E-state index contributed by atoms with van der Waals surface area (Å²) in [5.41, 5.74) is -0.0864. The molecule has 1 aromatic heterocycles. The second kappa shape index (κ2) is 11.0. The largest absolute Gasteiger partial charge is 0.468 e. The van der Waals surface area contributed by atoms with Gasteiger partial charge in [0.2, 0.25) is 0 Å². The van der Waals surface area contributed by atoms with E-state index in [1.54, 1.807) is 13.3 Å². The lowest BCUT2D eigenvalue weighted by molar-refractivity contribution is 0.0242. The Kier molecular flexibility index (Phi) is 9.81. The molecular formula is C18H33IN4O2. The Labute approximate surface area is 168 Å². The fraction of sp³-hybridized carbons (Fsp3) is 0.722. The van der Waals surface area contributed by atoms with Gasteiger partial charge in [0.25, 0.3) is 0 Å². The van der Waals surface area contributed by atoms with Gasteiger partial charge in [-0.25, -0.2) is 0 Å². The number of rotatable bonds is 8. The Morgan fingerprint density at radius 3 is 2.64 bits per heavy atom. The zero-order valence-electron chi connectivity index (χ0n) is 15.9. The molecule has 0 aliphatic carbocycles. The summed E-state index contributed by atoms with van der Waals surface area (Å²) in [5, 5.41) is 6.82. The fourth-order valence-corrected chi connectivity index (χ4v) is 3.22. The van der Waals surface area contributed by atoms with Gasteiger partial charge >= 0.3 is 0 Å². The van der Waals surface area contributed by atoms with Crippen molar-refractivity contribution in [3.63, 3.8) is 0 Å². The molecule has 25 heavy (non-hydrogen) atoms. The first-order valence-corrected chi connectivity index (χ1v) is 8.97. The van der Waals surface area contributed by atoms with Gasteiger partial charge in [-0.05, 0) is 45.0 Å². The highest BCUT2D eigenvalue weighted by molar-refractivity contribution is 14.0. The Morgan fingerprint density at radius 1 is 1.36 bits per heavy atom. The van der Waals surface area contributed by atoms with Crippen LogP contribution in [-0.4, -0.2) is 56.3 Å². The zero-order valence-corrected chi connectivity index (χ0v) is 18.2. The Balaban J connectivity index is 0.00000312. The summed E-state index contributed by atoms with van der Waals surface area (Å²) < 4.78 is 11.5. The van der Waals surface area contributed by atoms with Crippen molar-refractivity contribution < 1.29 is 9.15 Å². The summed E-state index contributed by atoms with van der Waals surface area (Å²) in [6.07, 6.45) is 3.95. The van der Waals surface area contributed by atoms with Crippen molar-refractivity contribution in [2.45, 2.75) is 45.3 Å². The van der Waals surface area contributed by atoms with Crippen molar-refractivity contribution in [1.82, 2.24) is 15.5 Å². The van der Waals surface area contributed by atoms with Gasteiger partial charge in [-0.1, -0.05) is 13.8 Å². The average Bonchev–Trinajstić information content (AvgIpc) is 3.26. The standard InChI is InChI=1S/C18H32N4O2.HI/c1-5-22(6-2)15(16-9-7-11-23-16)13-20-17(19-4)21-14-18(3)10-8-12-24-18;/h7,9,11,15H,5-6,8,10,12-14H2,1-4H3,(H2,19,20,21);1H. The molecule has 7 heteroatoms. The highest BCUT2D eigenvalue weighted by Gasteiger charge is 2.30. The second-order valence-electron chi connectivity index (χ2n) is 6.46. The smallest absolute Gasteiger partial charge is 0.191 e. The first-order chi connectivity index (χ1) is 11.6. The van der Waals surface area contributed by atoms with Gasteiger partial charge in [0.15, 0.2) is 5.96 Å². The molecule has 2 unspecified atom stereocenters. The van der Waals surface area contributed by atoms with Crippen molar-refractivity contribution >= 4 is 29.9 Å². The molecule has 1 aliphatic rings. The third-order valence-electron chi connectivity index (χ3n) is 4.74. The molecule has 0 bridgehead atoms. The maximum Gasteiger partial charge on any atom is 0.191 e. The highest BCUT2D eigenvalue weighted by atomic mass is 127. The predicted molar refractivity (Wildman–Crippen MR) is 113 cm³/mol. The maximum absolute atomic E-state index is 5.82. The lowest BCUT2D eigenvalue weighted by Gasteiger charge is -2.29. The SMILES string of the molecule is CCN(CC)C(CNC(=NC)NCC1(C)CCCO1)c1ccco1.I. The number of furan rings is 1. The van der Waals surface area contributed by atoms with Crippen LogP contribution in [0, 0.1) is 0 Å². The number of guanidine groups is 1. The molecule has 2 atom stereocenters. The number of nitrogens with one attached hydrogen (secondary N) is 2. The molecule has 0 spiro atoms. The van der Waals surface area contributed by atoms with Crippen molar-refractivity contribution in [3.8, 4) is 0 Å². The molecule has 2 rings (SSSR count). The van der Waals surface area contributed by atoms with Crippen LogP contribution in [-0.2, 0) is 4.74 Å². The minimum Gasteiger partial charge on any atom is -0.468 e. The zero-order chi connectivity index (χ0) is 17.4. The number of aliphatic imine (C=N–C) groups is 1. The van der Waals surface area contributed by atoms with Gasteiger partial charge in [-0.3, -0.25) is 9.89 Å². The number of hydrogen-bond donors (Lipinski definition) is 2. The molecule has 0 amide bonds. The molecular weight excluding hydrogens is 431 g/mol. The number of nitrogens with zero attached hydrogens (tertiary/aromatic N) is 2. The minimum atomic E-state index is -0.0864. The van der Waals surface area contributed by atoms with Gasteiger partial charge in [-0.15, -0.1) is 24.0 Å². The third-order valence-corrected chi connectivity index (χ3v) is 4.74. The summed E-state index contributed by atoms with van der Waals surface area (Å²) >= 11 is 0. The van der Waals surface area contributed by atoms with Crippen molar-refractivity contribution in [1.29, 1.82) is 0 Å². The molecule has 144 valence electrons. The molecule has 2 N–H and O–H groups in total. The fourth-order valence-electron chi connectivity index (χ4n) is 3.22. The van der Waals surface area contributed by atoms with Crippen LogP contribution in [0.5, 0.6) is 0 Å². The van der Waals surface area contributed by atoms with Crippen LogP contribution >= 0.6 is 24.0 Å². The summed E-state index contributed by atoms with van der Waals surface area (Å²) in [6, 6.07) is 4.16. The molecule has 0 aromatic carbocycles. The van der Waals surface area contributed by atoms with Crippen LogP contribution in [0.15, 0.2) is 27.8 Å². The monoisotopic (exact) mass is 464 g/mol. The topological polar surface area (TPSA) is 62.0 Å². The van der Waals surface area contributed by atoms with Crippen LogP contribution in [0.4, 0.5) is 0 Å². The molecule has 1 aliphatic heterocycles. The van der Waals surface area contributed by atoms with E-state index in [4.69, 9.17) is 9.15 Å².